The highest BCUT2D eigenvalue weighted by molar-refractivity contribution is 5.88. The molecule has 86 valence electrons. The van der Waals surface area contributed by atoms with Crippen LogP contribution < -0.4 is 5.73 Å². The quantitative estimate of drug-likeness (QED) is 0.827. The lowest BCUT2D eigenvalue weighted by atomic mass is 10.3. The van der Waals surface area contributed by atoms with Gasteiger partial charge in [0.25, 0.3) is 0 Å². The van der Waals surface area contributed by atoms with E-state index in [1.807, 2.05) is 0 Å². The Kier molecular flexibility index (Phi) is 9.36. The van der Waals surface area contributed by atoms with Crippen molar-refractivity contribution in [3.63, 3.8) is 0 Å². The van der Waals surface area contributed by atoms with Crippen LogP contribution in [0.5, 0.6) is 0 Å². The lowest BCUT2D eigenvalue weighted by Crippen LogP contribution is -2.24. The van der Waals surface area contributed by atoms with Gasteiger partial charge >= 0.3 is 5.97 Å². The van der Waals surface area contributed by atoms with E-state index in [2.05, 4.69) is 4.98 Å². The molecule has 0 aliphatic carbocycles. The average molecular weight is 253 g/mol. The number of nitrogens with two attached hydrogens (primary N) is 1. The van der Waals surface area contributed by atoms with Gasteiger partial charge in [-0.15, -0.1) is 24.8 Å². The zero-order valence-electron chi connectivity index (χ0n) is 8.25. The number of nitrogens with zero attached hydrogens (tertiary/aromatic N) is 1. The molecule has 0 saturated heterocycles. The Labute approximate surface area is 101 Å². The van der Waals surface area contributed by atoms with Crippen LogP contribution in [0.15, 0.2) is 24.5 Å². The first kappa shape index (κ1) is 16.6. The first-order valence-corrected chi connectivity index (χ1v) is 4.03. The number of ether oxygens (including phenoxy) is 1. The van der Waals surface area contributed by atoms with Gasteiger partial charge in [-0.05, 0) is 19.1 Å². The van der Waals surface area contributed by atoms with Gasteiger partial charge in [0.1, 0.15) is 6.61 Å². The van der Waals surface area contributed by atoms with Crippen molar-refractivity contribution in [3.8, 4) is 0 Å². The SMILES string of the molecule is CC(N)COC(=O)c1cccnc1.Cl.Cl. The maximum atomic E-state index is 11.2. The molecule has 1 unspecified atom stereocenters. The van der Waals surface area contributed by atoms with Crippen molar-refractivity contribution in [3.05, 3.63) is 30.1 Å². The predicted molar refractivity (Wildman–Crippen MR) is 62.7 cm³/mol. The van der Waals surface area contributed by atoms with Gasteiger partial charge in [-0.25, -0.2) is 4.79 Å². The molecule has 1 aromatic heterocycles. The Morgan fingerprint density at radius 3 is 2.73 bits per heavy atom. The van der Waals surface area contributed by atoms with Crippen LogP contribution in [0.2, 0.25) is 0 Å². The van der Waals surface area contributed by atoms with Gasteiger partial charge in [0.05, 0.1) is 5.56 Å². The van der Waals surface area contributed by atoms with Crippen LogP contribution in [0, 0.1) is 0 Å². The van der Waals surface area contributed by atoms with E-state index in [0.717, 1.165) is 0 Å². The third-order valence-corrected chi connectivity index (χ3v) is 1.37. The monoisotopic (exact) mass is 252 g/mol. The second-order valence-electron chi connectivity index (χ2n) is 2.82. The van der Waals surface area contributed by atoms with Gasteiger partial charge in [-0.1, -0.05) is 0 Å². The molecule has 0 radical (unpaired) electrons. The standard InChI is InChI=1S/C9H12N2O2.2ClH/c1-7(10)6-13-9(12)8-3-2-4-11-5-8;;/h2-5,7H,6,10H2,1H3;2*1H. The Bertz CT molecular complexity index is 281. The van der Waals surface area contributed by atoms with E-state index in [0.29, 0.717) is 5.56 Å². The van der Waals surface area contributed by atoms with Crippen molar-refractivity contribution in [2.24, 2.45) is 5.73 Å². The van der Waals surface area contributed by atoms with Crippen molar-refractivity contribution < 1.29 is 9.53 Å². The molecule has 0 amide bonds. The summed E-state index contributed by atoms with van der Waals surface area (Å²) >= 11 is 0. The predicted octanol–water partition coefficient (Wildman–Crippen LogP) is 1.43. The second-order valence-corrected chi connectivity index (χ2v) is 2.82. The summed E-state index contributed by atoms with van der Waals surface area (Å²) in [4.78, 5) is 15.0. The molecule has 2 N–H and O–H groups in total. The van der Waals surface area contributed by atoms with Gasteiger partial charge in [0.15, 0.2) is 0 Å². The molecule has 6 heteroatoms. The normalized spacial score (nSPS) is 10.5. The van der Waals surface area contributed by atoms with E-state index in [4.69, 9.17) is 10.5 Å². The average Bonchev–Trinajstić information content (AvgIpc) is 2.15. The summed E-state index contributed by atoms with van der Waals surface area (Å²) in [5, 5.41) is 0. The number of hydrogen-bond donors (Lipinski definition) is 1. The zero-order chi connectivity index (χ0) is 9.68. The zero-order valence-corrected chi connectivity index (χ0v) is 9.88. The Hall–Kier alpha value is -0.840. The topological polar surface area (TPSA) is 65.2 Å². The lowest BCUT2D eigenvalue weighted by Gasteiger charge is -2.06. The van der Waals surface area contributed by atoms with Gasteiger partial charge < -0.3 is 10.5 Å². The molecule has 4 nitrogen and oxygen atoms in total. The summed E-state index contributed by atoms with van der Waals surface area (Å²) in [5.74, 6) is -0.384. The van der Waals surface area contributed by atoms with Crippen LogP contribution in [0.3, 0.4) is 0 Å². The Balaban J connectivity index is 0. The minimum absolute atomic E-state index is 0. The number of aromatic nitrogens is 1. The van der Waals surface area contributed by atoms with Gasteiger partial charge in [-0.2, -0.15) is 0 Å². The largest absolute Gasteiger partial charge is 0.460 e. The molecule has 1 rings (SSSR count). The molecular formula is C9H14Cl2N2O2. The number of carbonyl (C=O) groups is 1. The van der Waals surface area contributed by atoms with Crippen LogP contribution in [-0.2, 0) is 4.74 Å². The van der Waals surface area contributed by atoms with Crippen LogP contribution in [-0.4, -0.2) is 23.6 Å². The number of halogens is 2. The Morgan fingerprint density at radius 1 is 1.60 bits per heavy atom. The first-order chi connectivity index (χ1) is 6.20. The molecule has 0 fully saturated rings. The Morgan fingerprint density at radius 2 is 2.27 bits per heavy atom. The van der Waals surface area contributed by atoms with Gasteiger partial charge in [0, 0.05) is 18.4 Å². The summed E-state index contributed by atoms with van der Waals surface area (Å²) in [6, 6.07) is 3.19. The maximum Gasteiger partial charge on any atom is 0.339 e. The lowest BCUT2D eigenvalue weighted by molar-refractivity contribution is 0.0487. The van der Waals surface area contributed by atoms with E-state index >= 15 is 0 Å². The van der Waals surface area contributed by atoms with E-state index < -0.39 is 0 Å². The first-order valence-electron chi connectivity index (χ1n) is 4.03. The molecule has 0 aromatic carbocycles. The van der Waals surface area contributed by atoms with Crippen LogP contribution in [0.25, 0.3) is 0 Å². The number of hydrogen-bond acceptors (Lipinski definition) is 4. The van der Waals surface area contributed by atoms with Crippen molar-refractivity contribution in [2.75, 3.05) is 6.61 Å². The third-order valence-electron chi connectivity index (χ3n) is 1.37. The highest BCUT2D eigenvalue weighted by Crippen LogP contribution is 1.98. The number of esters is 1. The van der Waals surface area contributed by atoms with Crippen molar-refractivity contribution in [1.29, 1.82) is 0 Å². The smallest absolute Gasteiger partial charge is 0.339 e. The number of rotatable bonds is 3. The minimum atomic E-state index is -0.384. The molecule has 1 atom stereocenters. The maximum absolute atomic E-state index is 11.2. The van der Waals surface area contributed by atoms with E-state index in [-0.39, 0.29) is 43.4 Å². The van der Waals surface area contributed by atoms with Crippen LogP contribution >= 0.6 is 24.8 Å². The molecule has 0 saturated carbocycles. The fourth-order valence-electron chi connectivity index (χ4n) is 0.774. The summed E-state index contributed by atoms with van der Waals surface area (Å²) < 4.78 is 4.89. The highest BCUT2D eigenvalue weighted by Gasteiger charge is 2.06. The second kappa shape index (κ2) is 8.47. The van der Waals surface area contributed by atoms with Gasteiger partial charge in [0.2, 0.25) is 0 Å². The summed E-state index contributed by atoms with van der Waals surface area (Å²) in [6.07, 6.45) is 3.06. The van der Waals surface area contributed by atoms with E-state index in [9.17, 15) is 4.79 Å². The van der Waals surface area contributed by atoms with Crippen LogP contribution in [0.1, 0.15) is 17.3 Å². The molecular weight excluding hydrogens is 239 g/mol. The van der Waals surface area contributed by atoms with Crippen molar-refractivity contribution >= 4 is 30.8 Å². The van der Waals surface area contributed by atoms with Crippen LogP contribution in [0.4, 0.5) is 0 Å². The molecule has 15 heavy (non-hydrogen) atoms. The summed E-state index contributed by atoms with van der Waals surface area (Å²) in [7, 11) is 0. The third kappa shape index (κ3) is 6.28. The highest BCUT2D eigenvalue weighted by atomic mass is 35.5. The minimum Gasteiger partial charge on any atom is -0.460 e. The number of carbonyl (C=O) groups excluding carboxylic acids is 1. The number of pyridine rings is 1. The molecule has 0 spiro atoms. The van der Waals surface area contributed by atoms with Gasteiger partial charge in [-0.3, -0.25) is 4.98 Å². The fourth-order valence-corrected chi connectivity index (χ4v) is 0.774. The van der Waals surface area contributed by atoms with E-state index in [1.54, 1.807) is 25.3 Å². The summed E-state index contributed by atoms with van der Waals surface area (Å²) in [5.41, 5.74) is 5.87. The molecule has 0 bridgehead atoms. The van der Waals surface area contributed by atoms with E-state index in [1.165, 1.54) is 6.20 Å². The molecule has 1 heterocycles. The van der Waals surface area contributed by atoms with Crippen molar-refractivity contribution in [1.82, 2.24) is 4.98 Å². The molecule has 0 aliphatic rings. The fraction of sp³-hybridized carbons (Fsp3) is 0.333. The van der Waals surface area contributed by atoms with Crippen molar-refractivity contribution in [2.45, 2.75) is 13.0 Å². The molecule has 0 aliphatic heterocycles. The summed E-state index contributed by atoms with van der Waals surface area (Å²) in [6.45, 7) is 2.00. The molecule has 1 aromatic rings.